The largest absolute Gasteiger partial charge is 0.466 e. The standard InChI is InChI=1S/C10H19NO2/c1-3-13-9(12)10(2,7-11)6-8-4-5-8/h8H,3-7,11H2,1-2H3. The lowest BCUT2D eigenvalue weighted by Crippen LogP contribution is -2.37. The van der Waals surface area contributed by atoms with E-state index in [9.17, 15) is 4.79 Å². The summed E-state index contributed by atoms with van der Waals surface area (Å²) in [5, 5.41) is 0. The Balaban J connectivity index is 2.49. The highest BCUT2D eigenvalue weighted by Crippen LogP contribution is 2.40. The van der Waals surface area contributed by atoms with Crippen LogP contribution in [0.2, 0.25) is 0 Å². The zero-order valence-electron chi connectivity index (χ0n) is 8.51. The number of ether oxygens (including phenoxy) is 1. The SMILES string of the molecule is CCOC(=O)C(C)(CN)CC1CC1. The van der Waals surface area contributed by atoms with Crippen molar-refractivity contribution in [2.45, 2.75) is 33.1 Å². The summed E-state index contributed by atoms with van der Waals surface area (Å²) in [6.07, 6.45) is 3.38. The molecule has 1 saturated carbocycles. The fourth-order valence-corrected chi connectivity index (χ4v) is 1.51. The maximum absolute atomic E-state index is 11.6. The summed E-state index contributed by atoms with van der Waals surface area (Å²) in [4.78, 5) is 11.6. The Morgan fingerprint density at radius 2 is 2.23 bits per heavy atom. The molecule has 1 aliphatic rings. The molecular formula is C10H19NO2. The number of nitrogens with two attached hydrogens (primary N) is 1. The number of esters is 1. The van der Waals surface area contributed by atoms with Crippen molar-refractivity contribution in [2.24, 2.45) is 17.1 Å². The third kappa shape index (κ3) is 2.69. The predicted octanol–water partition coefficient (Wildman–Crippen LogP) is 1.31. The van der Waals surface area contributed by atoms with E-state index in [0.29, 0.717) is 19.1 Å². The Labute approximate surface area is 79.6 Å². The molecule has 13 heavy (non-hydrogen) atoms. The molecule has 0 radical (unpaired) electrons. The van der Waals surface area contributed by atoms with Gasteiger partial charge < -0.3 is 10.5 Å². The van der Waals surface area contributed by atoms with Gasteiger partial charge in [0.2, 0.25) is 0 Å². The Kier molecular flexibility index (Phi) is 3.31. The highest BCUT2D eigenvalue weighted by atomic mass is 16.5. The van der Waals surface area contributed by atoms with Gasteiger partial charge in [0, 0.05) is 6.54 Å². The van der Waals surface area contributed by atoms with Gasteiger partial charge in [-0.3, -0.25) is 4.79 Å². The van der Waals surface area contributed by atoms with Crippen molar-refractivity contribution in [2.75, 3.05) is 13.2 Å². The summed E-state index contributed by atoms with van der Waals surface area (Å²) in [5.74, 6) is 0.572. The van der Waals surface area contributed by atoms with Gasteiger partial charge in [-0.15, -0.1) is 0 Å². The topological polar surface area (TPSA) is 52.3 Å². The first-order valence-electron chi connectivity index (χ1n) is 4.99. The summed E-state index contributed by atoms with van der Waals surface area (Å²) >= 11 is 0. The zero-order chi connectivity index (χ0) is 9.90. The van der Waals surface area contributed by atoms with Crippen LogP contribution in [0.15, 0.2) is 0 Å². The first kappa shape index (κ1) is 10.5. The third-order valence-electron chi connectivity index (χ3n) is 2.65. The first-order valence-corrected chi connectivity index (χ1v) is 4.99. The Bertz CT molecular complexity index is 189. The van der Waals surface area contributed by atoms with Gasteiger partial charge in [0.25, 0.3) is 0 Å². The summed E-state index contributed by atoms with van der Waals surface area (Å²) in [6.45, 7) is 4.57. The minimum Gasteiger partial charge on any atom is -0.466 e. The van der Waals surface area contributed by atoms with Crippen LogP contribution in [-0.2, 0) is 9.53 Å². The van der Waals surface area contributed by atoms with Crippen molar-refractivity contribution in [3.8, 4) is 0 Å². The highest BCUT2D eigenvalue weighted by molar-refractivity contribution is 5.76. The molecule has 0 spiro atoms. The smallest absolute Gasteiger partial charge is 0.313 e. The van der Waals surface area contributed by atoms with Crippen LogP contribution >= 0.6 is 0 Å². The van der Waals surface area contributed by atoms with Crippen LogP contribution in [0.1, 0.15) is 33.1 Å². The summed E-state index contributed by atoms with van der Waals surface area (Å²) in [5.41, 5.74) is 5.17. The van der Waals surface area contributed by atoms with E-state index in [-0.39, 0.29) is 5.97 Å². The maximum Gasteiger partial charge on any atom is 0.313 e. The minimum atomic E-state index is -0.447. The average Bonchev–Trinajstić information content (AvgIpc) is 2.88. The lowest BCUT2D eigenvalue weighted by molar-refractivity contribution is -0.154. The van der Waals surface area contributed by atoms with E-state index in [4.69, 9.17) is 10.5 Å². The van der Waals surface area contributed by atoms with Crippen LogP contribution in [-0.4, -0.2) is 19.1 Å². The molecule has 0 aliphatic heterocycles. The van der Waals surface area contributed by atoms with E-state index >= 15 is 0 Å². The van der Waals surface area contributed by atoms with Gasteiger partial charge in [-0.05, 0) is 26.2 Å². The number of rotatable bonds is 5. The van der Waals surface area contributed by atoms with Crippen LogP contribution in [0.3, 0.4) is 0 Å². The third-order valence-corrected chi connectivity index (χ3v) is 2.65. The average molecular weight is 185 g/mol. The summed E-state index contributed by atoms with van der Waals surface area (Å²) in [6, 6.07) is 0. The molecule has 1 atom stereocenters. The van der Waals surface area contributed by atoms with Crippen LogP contribution in [0.25, 0.3) is 0 Å². The van der Waals surface area contributed by atoms with Gasteiger partial charge in [-0.2, -0.15) is 0 Å². The van der Waals surface area contributed by atoms with Crippen molar-refractivity contribution in [3.63, 3.8) is 0 Å². The van der Waals surface area contributed by atoms with Gasteiger partial charge in [-0.1, -0.05) is 12.8 Å². The molecule has 1 rings (SSSR count). The monoisotopic (exact) mass is 185 g/mol. The molecule has 3 nitrogen and oxygen atoms in total. The molecule has 0 aromatic carbocycles. The van der Waals surface area contributed by atoms with Gasteiger partial charge >= 0.3 is 5.97 Å². The van der Waals surface area contributed by atoms with Gasteiger partial charge in [0.1, 0.15) is 0 Å². The molecule has 0 aromatic heterocycles. The molecule has 1 aliphatic carbocycles. The molecule has 1 fully saturated rings. The molecule has 76 valence electrons. The minimum absolute atomic E-state index is 0.135. The fraction of sp³-hybridized carbons (Fsp3) is 0.900. The second kappa shape index (κ2) is 4.09. The van der Waals surface area contributed by atoms with Crippen LogP contribution < -0.4 is 5.73 Å². The molecule has 0 heterocycles. The van der Waals surface area contributed by atoms with Gasteiger partial charge in [0.05, 0.1) is 12.0 Å². The molecule has 0 saturated heterocycles. The van der Waals surface area contributed by atoms with Crippen LogP contribution in [0.5, 0.6) is 0 Å². The molecule has 0 bridgehead atoms. The van der Waals surface area contributed by atoms with E-state index in [0.717, 1.165) is 6.42 Å². The first-order chi connectivity index (χ1) is 6.12. The number of hydrogen-bond acceptors (Lipinski definition) is 3. The molecule has 3 heteroatoms. The second-order valence-corrected chi connectivity index (χ2v) is 4.13. The highest BCUT2D eigenvalue weighted by Gasteiger charge is 2.39. The molecule has 0 aromatic rings. The summed E-state index contributed by atoms with van der Waals surface area (Å²) in [7, 11) is 0. The Morgan fingerprint density at radius 3 is 2.62 bits per heavy atom. The normalized spacial score (nSPS) is 20.8. The van der Waals surface area contributed by atoms with Crippen molar-refractivity contribution >= 4 is 5.97 Å². The number of carbonyl (C=O) groups is 1. The van der Waals surface area contributed by atoms with Gasteiger partial charge in [-0.25, -0.2) is 0 Å². The van der Waals surface area contributed by atoms with E-state index < -0.39 is 5.41 Å². The molecular weight excluding hydrogens is 166 g/mol. The summed E-state index contributed by atoms with van der Waals surface area (Å²) < 4.78 is 5.01. The number of hydrogen-bond donors (Lipinski definition) is 1. The van der Waals surface area contributed by atoms with E-state index in [1.807, 2.05) is 13.8 Å². The zero-order valence-corrected chi connectivity index (χ0v) is 8.51. The fourth-order valence-electron chi connectivity index (χ4n) is 1.51. The maximum atomic E-state index is 11.6. The van der Waals surface area contributed by atoms with Crippen LogP contribution in [0, 0.1) is 11.3 Å². The van der Waals surface area contributed by atoms with E-state index in [1.165, 1.54) is 12.8 Å². The molecule has 1 unspecified atom stereocenters. The van der Waals surface area contributed by atoms with Crippen molar-refractivity contribution < 1.29 is 9.53 Å². The Morgan fingerprint density at radius 1 is 1.62 bits per heavy atom. The molecule has 0 amide bonds. The van der Waals surface area contributed by atoms with Gasteiger partial charge in [0.15, 0.2) is 0 Å². The lowest BCUT2D eigenvalue weighted by atomic mass is 9.85. The number of carbonyl (C=O) groups excluding carboxylic acids is 1. The molecule has 2 N–H and O–H groups in total. The van der Waals surface area contributed by atoms with Crippen molar-refractivity contribution in [1.29, 1.82) is 0 Å². The lowest BCUT2D eigenvalue weighted by Gasteiger charge is -2.25. The van der Waals surface area contributed by atoms with Crippen molar-refractivity contribution in [3.05, 3.63) is 0 Å². The van der Waals surface area contributed by atoms with Crippen LogP contribution in [0.4, 0.5) is 0 Å². The quantitative estimate of drug-likeness (QED) is 0.657. The van der Waals surface area contributed by atoms with E-state index in [1.54, 1.807) is 0 Å². The van der Waals surface area contributed by atoms with E-state index in [2.05, 4.69) is 0 Å². The predicted molar refractivity (Wildman–Crippen MR) is 51.1 cm³/mol. The van der Waals surface area contributed by atoms with Crippen molar-refractivity contribution in [1.82, 2.24) is 0 Å². The Hall–Kier alpha value is -0.570. The second-order valence-electron chi connectivity index (χ2n) is 4.13.